The van der Waals surface area contributed by atoms with Gasteiger partial charge in [0.05, 0.1) is 17.8 Å². The van der Waals surface area contributed by atoms with E-state index < -0.39 is 23.2 Å². The van der Waals surface area contributed by atoms with Crippen molar-refractivity contribution < 1.29 is 15.3 Å². The predicted octanol–water partition coefficient (Wildman–Crippen LogP) is 1.77. The maximum Gasteiger partial charge on any atom is 0.0925 e. The summed E-state index contributed by atoms with van der Waals surface area (Å²) < 4.78 is 0. The summed E-state index contributed by atoms with van der Waals surface area (Å²) in [7, 11) is 0. The Labute approximate surface area is 126 Å². The second kappa shape index (κ2) is 6.34. The van der Waals surface area contributed by atoms with Gasteiger partial charge in [-0.1, -0.05) is 43.6 Å². The molecule has 5 N–H and O–H groups in total. The molecule has 118 valence electrons. The Morgan fingerprint density at radius 1 is 1.19 bits per heavy atom. The van der Waals surface area contributed by atoms with Gasteiger partial charge < -0.3 is 21.1 Å². The molecule has 4 nitrogen and oxygen atoms in total. The molecular weight excluding hydrogens is 266 g/mol. The van der Waals surface area contributed by atoms with Crippen LogP contribution in [0.3, 0.4) is 0 Å². The molecule has 4 heteroatoms. The number of allylic oxidation sites excluding steroid dienone is 3. The van der Waals surface area contributed by atoms with Crippen molar-refractivity contribution >= 4 is 0 Å². The van der Waals surface area contributed by atoms with Gasteiger partial charge in [0.15, 0.2) is 0 Å². The van der Waals surface area contributed by atoms with Crippen LogP contribution in [0.1, 0.15) is 45.4 Å². The molecular formula is C17H27NO3. The summed E-state index contributed by atoms with van der Waals surface area (Å²) in [6, 6.07) is 0. The van der Waals surface area contributed by atoms with Gasteiger partial charge in [0.2, 0.25) is 0 Å². The smallest absolute Gasteiger partial charge is 0.0925 e. The first-order valence-corrected chi connectivity index (χ1v) is 7.80. The minimum absolute atomic E-state index is 0.447. The van der Waals surface area contributed by atoms with Gasteiger partial charge in [0.25, 0.3) is 0 Å². The average molecular weight is 293 g/mol. The molecule has 1 unspecified atom stereocenters. The second-order valence-corrected chi connectivity index (χ2v) is 6.57. The van der Waals surface area contributed by atoms with Crippen molar-refractivity contribution in [3.05, 3.63) is 36.1 Å². The largest absolute Gasteiger partial charge is 0.402 e. The minimum atomic E-state index is -0.954. The third-order valence-electron chi connectivity index (χ3n) is 4.66. The number of hydrogen-bond acceptors (Lipinski definition) is 4. The normalized spacial score (nSPS) is 31.9. The van der Waals surface area contributed by atoms with Crippen molar-refractivity contribution in [3.8, 4) is 0 Å². The lowest BCUT2D eigenvalue weighted by atomic mass is 9.72. The van der Waals surface area contributed by atoms with Gasteiger partial charge in [-0.15, -0.1) is 0 Å². The predicted molar refractivity (Wildman–Crippen MR) is 83.3 cm³/mol. The zero-order valence-electron chi connectivity index (χ0n) is 12.7. The molecule has 1 fully saturated rings. The fraction of sp³-hybridized carbons (Fsp3) is 0.647. The molecule has 3 atom stereocenters. The number of rotatable bonds is 4. The van der Waals surface area contributed by atoms with E-state index in [9.17, 15) is 15.3 Å². The van der Waals surface area contributed by atoms with Crippen LogP contribution in [0, 0.1) is 5.41 Å². The number of hydrogen-bond donors (Lipinski definition) is 4. The molecule has 1 saturated carbocycles. The fourth-order valence-electron chi connectivity index (χ4n) is 3.33. The van der Waals surface area contributed by atoms with E-state index in [1.807, 2.05) is 12.2 Å². The standard InChI is InChI=1S/C17H27NO3/c1-13(19)15(20)16(7-5-6-14(18)12-16)10-11-17(21)8-3-2-4-9-17/h5-7,10-11,13,15,19-21H,2-4,8-9,12,18H2,1H3/t13-,15-,16?/m1/s1. The third-order valence-corrected chi connectivity index (χ3v) is 4.66. The first-order valence-electron chi connectivity index (χ1n) is 7.80. The first kappa shape index (κ1) is 16.3. The maximum atomic E-state index is 10.6. The highest BCUT2D eigenvalue weighted by Crippen LogP contribution is 2.39. The van der Waals surface area contributed by atoms with E-state index in [1.54, 1.807) is 25.2 Å². The van der Waals surface area contributed by atoms with Crippen molar-refractivity contribution in [1.29, 1.82) is 0 Å². The van der Waals surface area contributed by atoms with Crippen molar-refractivity contribution in [3.63, 3.8) is 0 Å². The molecule has 0 amide bonds. The Kier molecular flexibility index (Phi) is 4.91. The molecule has 2 aliphatic rings. The summed E-state index contributed by atoms with van der Waals surface area (Å²) in [5, 5.41) is 30.8. The molecule has 0 aliphatic heterocycles. The lowest BCUT2D eigenvalue weighted by molar-refractivity contribution is -0.0213. The Hall–Kier alpha value is -1.10. The van der Waals surface area contributed by atoms with Crippen LogP contribution in [0.5, 0.6) is 0 Å². The zero-order valence-corrected chi connectivity index (χ0v) is 12.7. The van der Waals surface area contributed by atoms with E-state index in [-0.39, 0.29) is 0 Å². The first-order chi connectivity index (χ1) is 9.87. The highest BCUT2D eigenvalue weighted by molar-refractivity contribution is 5.30. The fourth-order valence-corrected chi connectivity index (χ4v) is 3.33. The quantitative estimate of drug-likeness (QED) is 0.595. The molecule has 0 spiro atoms. The molecule has 2 aliphatic carbocycles. The highest BCUT2D eigenvalue weighted by atomic mass is 16.3. The van der Waals surface area contributed by atoms with Gasteiger partial charge in [-0.3, -0.25) is 0 Å². The van der Waals surface area contributed by atoms with Gasteiger partial charge in [-0.05, 0) is 25.8 Å². The lowest BCUT2D eigenvalue weighted by Crippen LogP contribution is -2.42. The SMILES string of the molecule is C[C@@H](O)[C@@H](O)C1(C=CC2(O)CCCCC2)C=CC=C(N)C1. The Morgan fingerprint density at radius 2 is 1.86 bits per heavy atom. The molecule has 0 radical (unpaired) electrons. The Morgan fingerprint density at radius 3 is 2.43 bits per heavy atom. The van der Waals surface area contributed by atoms with Crippen LogP contribution in [-0.4, -0.2) is 33.1 Å². The van der Waals surface area contributed by atoms with Crippen molar-refractivity contribution in [2.45, 2.75) is 63.3 Å². The van der Waals surface area contributed by atoms with Crippen molar-refractivity contribution in [1.82, 2.24) is 0 Å². The Balaban J connectivity index is 2.24. The van der Waals surface area contributed by atoms with E-state index in [0.717, 1.165) is 32.1 Å². The molecule has 21 heavy (non-hydrogen) atoms. The lowest BCUT2D eigenvalue weighted by Gasteiger charge is -2.38. The molecule has 0 bridgehead atoms. The molecule has 0 aromatic heterocycles. The number of aliphatic hydroxyl groups is 3. The van der Waals surface area contributed by atoms with Crippen LogP contribution in [0.2, 0.25) is 0 Å². The van der Waals surface area contributed by atoms with Crippen LogP contribution in [0.25, 0.3) is 0 Å². The summed E-state index contributed by atoms with van der Waals surface area (Å²) in [5.41, 5.74) is 5.03. The van der Waals surface area contributed by atoms with Crippen molar-refractivity contribution in [2.75, 3.05) is 0 Å². The van der Waals surface area contributed by atoms with Crippen LogP contribution in [0.15, 0.2) is 36.1 Å². The van der Waals surface area contributed by atoms with E-state index in [1.165, 1.54) is 0 Å². The molecule has 0 saturated heterocycles. The Bertz CT molecular complexity index is 447. The van der Waals surface area contributed by atoms with Gasteiger partial charge >= 0.3 is 0 Å². The van der Waals surface area contributed by atoms with Crippen LogP contribution >= 0.6 is 0 Å². The summed E-state index contributed by atoms with van der Waals surface area (Å²) in [6.45, 7) is 1.57. The summed E-state index contributed by atoms with van der Waals surface area (Å²) in [4.78, 5) is 0. The van der Waals surface area contributed by atoms with Crippen LogP contribution in [0.4, 0.5) is 0 Å². The topological polar surface area (TPSA) is 86.7 Å². The third kappa shape index (κ3) is 3.76. The minimum Gasteiger partial charge on any atom is -0.402 e. The summed E-state index contributed by atoms with van der Waals surface area (Å²) in [6.07, 6.45) is 12.4. The summed E-state index contributed by atoms with van der Waals surface area (Å²) >= 11 is 0. The molecule has 2 rings (SSSR count). The highest BCUT2D eigenvalue weighted by Gasteiger charge is 2.38. The van der Waals surface area contributed by atoms with E-state index in [2.05, 4.69) is 0 Å². The zero-order chi connectivity index (χ0) is 15.5. The van der Waals surface area contributed by atoms with E-state index in [4.69, 9.17) is 5.73 Å². The van der Waals surface area contributed by atoms with Crippen LogP contribution in [-0.2, 0) is 0 Å². The molecule has 0 aromatic carbocycles. The number of nitrogens with two attached hydrogens (primary N) is 1. The number of aliphatic hydroxyl groups excluding tert-OH is 2. The van der Waals surface area contributed by atoms with Gasteiger partial charge in [-0.2, -0.15) is 0 Å². The average Bonchev–Trinajstić information content (AvgIpc) is 2.45. The molecule has 0 aromatic rings. The van der Waals surface area contributed by atoms with Gasteiger partial charge in [-0.25, -0.2) is 0 Å². The van der Waals surface area contributed by atoms with E-state index >= 15 is 0 Å². The van der Waals surface area contributed by atoms with E-state index in [0.29, 0.717) is 12.1 Å². The summed E-state index contributed by atoms with van der Waals surface area (Å²) in [5.74, 6) is 0. The van der Waals surface area contributed by atoms with Gasteiger partial charge in [0, 0.05) is 17.5 Å². The van der Waals surface area contributed by atoms with Crippen LogP contribution < -0.4 is 5.73 Å². The molecule has 0 heterocycles. The second-order valence-electron chi connectivity index (χ2n) is 6.57. The van der Waals surface area contributed by atoms with Gasteiger partial charge in [0.1, 0.15) is 0 Å². The van der Waals surface area contributed by atoms with Crippen molar-refractivity contribution in [2.24, 2.45) is 11.1 Å². The monoisotopic (exact) mass is 293 g/mol. The maximum absolute atomic E-state index is 10.6.